The van der Waals surface area contributed by atoms with E-state index in [0.29, 0.717) is 12.6 Å². The van der Waals surface area contributed by atoms with E-state index in [4.69, 9.17) is 0 Å². The average molecular weight is 320 g/mol. The zero-order valence-corrected chi connectivity index (χ0v) is 14.5. The molecule has 5 heteroatoms. The Hall–Kier alpha value is -0.910. The molecular formula is C18H32N4O. The molecule has 0 amide bonds. The molecule has 2 fully saturated rings. The van der Waals surface area contributed by atoms with Crippen LogP contribution < -0.4 is 0 Å². The second kappa shape index (κ2) is 8.27. The molecule has 1 saturated heterocycles. The smallest absolute Gasteiger partial charge is 0.0534 e. The minimum atomic E-state index is 0.301. The van der Waals surface area contributed by atoms with Gasteiger partial charge in [-0.15, -0.1) is 0 Å². The summed E-state index contributed by atoms with van der Waals surface area (Å²) in [5.74, 6) is 0. The molecule has 0 radical (unpaired) electrons. The topological polar surface area (TPSA) is 44.5 Å². The first-order valence-corrected chi connectivity index (χ1v) is 9.40. The highest BCUT2D eigenvalue weighted by atomic mass is 16.3. The van der Waals surface area contributed by atoms with Crippen molar-refractivity contribution in [3.05, 3.63) is 18.0 Å². The molecule has 23 heavy (non-hydrogen) atoms. The molecule has 1 N–H and O–H groups in total. The third-order valence-corrected chi connectivity index (χ3v) is 5.54. The Morgan fingerprint density at radius 3 is 2.74 bits per heavy atom. The van der Waals surface area contributed by atoms with Crippen LogP contribution in [-0.4, -0.2) is 63.0 Å². The first-order valence-electron chi connectivity index (χ1n) is 9.40. The Labute approximate surface area is 140 Å². The van der Waals surface area contributed by atoms with Crippen LogP contribution in [0.4, 0.5) is 0 Å². The Kier molecular flexibility index (Phi) is 6.08. The molecule has 1 aliphatic carbocycles. The summed E-state index contributed by atoms with van der Waals surface area (Å²) in [6.07, 6.45) is 11.9. The summed E-state index contributed by atoms with van der Waals surface area (Å²) in [5, 5.41) is 13.9. The summed E-state index contributed by atoms with van der Waals surface area (Å²) in [6, 6.07) is 1.27. The van der Waals surface area contributed by atoms with Crippen LogP contribution in [0.2, 0.25) is 0 Å². The molecule has 5 nitrogen and oxygen atoms in total. The van der Waals surface area contributed by atoms with Gasteiger partial charge in [0.05, 0.1) is 6.20 Å². The van der Waals surface area contributed by atoms with Crippen molar-refractivity contribution < 1.29 is 5.11 Å². The van der Waals surface area contributed by atoms with Crippen LogP contribution in [0, 0.1) is 0 Å². The monoisotopic (exact) mass is 320 g/mol. The Balaban J connectivity index is 1.58. The SMILES string of the molecule is CCn1cc(CN2CCN(C3CCCCC3)[C@H](CCO)C2)cn1. The predicted octanol–water partition coefficient (Wildman–Crippen LogP) is 2.10. The molecule has 2 heterocycles. The van der Waals surface area contributed by atoms with Crippen LogP contribution in [0.15, 0.2) is 12.4 Å². The Morgan fingerprint density at radius 2 is 2.04 bits per heavy atom. The molecule has 1 saturated carbocycles. The van der Waals surface area contributed by atoms with Crippen LogP contribution in [0.3, 0.4) is 0 Å². The Morgan fingerprint density at radius 1 is 1.22 bits per heavy atom. The van der Waals surface area contributed by atoms with Crippen molar-refractivity contribution in [2.24, 2.45) is 0 Å². The lowest BCUT2D eigenvalue weighted by molar-refractivity contribution is 0.0137. The lowest BCUT2D eigenvalue weighted by atomic mass is 9.92. The summed E-state index contributed by atoms with van der Waals surface area (Å²) in [4.78, 5) is 5.25. The maximum atomic E-state index is 9.49. The molecule has 3 rings (SSSR count). The zero-order valence-electron chi connectivity index (χ0n) is 14.5. The molecule has 130 valence electrons. The van der Waals surface area contributed by atoms with Gasteiger partial charge in [-0.25, -0.2) is 0 Å². The predicted molar refractivity (Wildman–Crippen MR) is 92.2 cm³/mol. The van der Waals surface area contributed by atoms with E-state index >= 15 is 0 Å². The largest absolute Gasteiger partial charge is 0.396 e. The van der Waals surface area contributed by atoms with Crippen molar-refractivity contribution >= 4 is 0 Å². The van der Waals surface area contributed by atoms with Gasteiger partial charge in [-0.05, 0) is 26.2 Å². The fraction of sp³-hybridized carbons (Fsp3) is 0.833. The van der Waals surface area contributed by atoms with Crippen LogP contribution in [-0.2, 0) is 13.1 Å². The average Bonchev–Trinajstić information content (AvgIpc) is 3.04. The van der Waals surface area contributed by atoms with Crippen molar-refractivity contribution in [3.8, 4) is 0 Å². The maximum absolute atomic E-state index is 9.49. The fourth-order valence-corrected chi connectivity index (χ4v) is 4.30. The van der Waals surface area contributed by atoms with Crippen LogP contribution in [0.1, 0.15) is 51.0 Å². The Bertz CT molecular complexity index is 469. The summed E-state index contributed by atoms with van der Waals surface area (Å²) in [5.41, 5.74) is 1.31. The molecule has 0 unspecified atom stereocenters. The van der Waals surface area contributed by atoms with E-state index in [-0.39, 0.29) is 0 Å². The van der Waals surface area contributed by atoms with Gasteiger partial charge < -0.3 is 5.11 Å². The number of aliphatic hydroxyl groups excluding tert-OH is 1. The quantitative estimate of drug-likeness (QED) is 0.872. The summed E-state index contributed by atoms with van der Waals surface area (Å²) in [7, 11) is 0. The molecule has 0 bridgehead atoms. The zero-order chi connectivity index (χ0) is 16.1. The third-order valence-electron chi connectivity index (χ3n) is 5.54. The minimum Gasteiger partial charge on any atom is -0.396 e. The molecule has 1 aromatic rings. The molecule has 1 atom stereocenters. The number of hydrogen-bond acceptors (Lipinski definition) is 4. The second-order valence-electron chi connectivity index (χ2n) is 7.14. The van der Waals surface area contributed by atoms with E-state index in [1.165, 1.54) is 37.7 Å². The van der Waals surface area contributed by atoms with Gasteiger partial charge in [0.15, 0.2) is 0 Å². The van der Waals surface area contributed by atoms with Gasteiger partial charge >= 0.3 is 0 Å². The van der Waals surface area contributed by atoms with Gasteiger partial charge in [0.25, 0.3) is 0 Å². The highest BCUT2D eigenvalue weighted by molar-refractivity contribution is 5.04. The van der Waals surface area contributed by atoms with Gasteiger partial charge in [-0.1, -0.05) is 19.3 Å². The van der Waals surface area contributed by atoms with Crippen LogP contribution in [0.5, 0.6) is 0 Å². The number of hydrogen-bond donors (Lipinski definition) is 1. The summed E-state index contributed by atoms with van der Waals surface area (Å²) >= 11 is 0. The third kappa shape index (κ3) is 4.34. The number of nitrogens with zero attached hydrogens (tertiary/aromatic N) is 4. The number of aliphatic hydroxyl groups is 1. The number of aromatic nitrogens is 2. The summed E-state index contributed by atoms with van der Waals surface area (Å²) in [6.45, 7) is 7.71. The van der Waals surface area contributed by atoms with Crippen molar-refractivity contribution in [1.82, 2.24) is 19.6 Å². The number of piperazine rings is 1. The lowest BCUT2D eigenvalue weighted by Gasteiger charge is -2.46. The first kappa shape index (κ1) is 16.9. The molecule has 2 aliphatic rings. The van der Waals surface area contributed by atoms with E-state index in [1.54, 1.807) is 0 Å². The standard InChI is InChI=1S/C18H32N4O/c1-2-21-14-16(12-19-21)13-20-9-10-22(18(15-20)8-11-23)17-6-4-3-5-7-17/h12,14,17-18,23H,2-11,13,15H2,1H3/t18-/m1/s1. The molecule has 0 aromatic carbocycles. The maximum Gasteiger partial charge on any atom is 0.0534 e. The molecule has 0 spiro atoms. The van der Waals surface area contributed by atoms with Gasteiger partial charge in [-0.2, -0.15) is 5.10 Å². The van der Waals surface area contributed by atoms with Crippen molar-refractivity contribution in [1.29, 1.82) is 0 Å². The van der Waals surface area contributed by atoms with E-state index in [0.717, 1.165) is 45.2 Å². The van der Waals surface area contributed by atoms with E-state index in [1.807, 2.05) is 10.9 Å². The highest BCUT2D eigenvalue weighted by Crippen LogP contribution is 2.27. The van der Waals surface area contributed by atoms with Crippen LogP contribution >= 0.6 is 0 Å². The van der Waals surface area contributed by atoms with Crippen molar-refractivity contribution in [2.45, 2.75) is 70.6 Å². The molecule has 1 aromatic heterocycles. The fourth-order valence-electron chi connectivity index (χ4n) is 4.30. The van der Waals surface area contributed by atoms with Gasteiger partial charge in [0, 0.05) is 63.2 Å². The van der Waals surface area contributed by atoms with Gasteiger partial charge in [0.1, 0.15) is 0 Å². The minimum absolute atomic E-state index is 0.301. The second-order valence-corrected chi connectivity index (χ2v) is 7.14. The summed E-state index contributed by atoms with van der Waals surface area (Å²) < 4.78 is 2.00. The van der Waals surface area contributed by atoms with E-state index in [9.17, 15) is 5.11 Å². The number of rotatable bonds is 6. The molecule has 1 aliphatic heterocycles. The first-order chi connectivity index (χ1) is 11.3. The van der Waals surface area contributed by atoms with E-state index < -0.39 is 0 Å². The highest BCUT2D eigenvalue weighted by Gasteiger charge is 2.32. The van der Waals surface area contributed by atoms with Crippen LogP contribution in [0.25, 0.3) is 0 Å². The van der Waals surface area contributed by atoms with Crippen molar-refractivity contribution in [2.75, 3.05) is 26.2 Å². The number of aryl methyl sites for hydroxylation is 1. The normalized spacial score (nSPS) is 25.0. The van der Waals surface area contributed by atoms with Crippen molar-refractivity contribution in [3.63, 3.8) is 0 Å². The van der Waals surface area contributed by atoms with Gasteiger partial charge in [0.2, 0.25) is 0 Å². The van der Waals surface area contributed by atoms with E-state index in [2.05, 4.69) is 28.0 Å². The molecular weight excluding hydrogens is 288 g/mol. The lowest BCUT2D eigenvalue weighted by Crippen LogP contribution is -2.56. The van der Waals surface area contributed by atoms with Gasteiger partial charge in [-0.3, -0.25) is 14.5 Å².